The molecule has 2 N–H and O–H groups in total. The van der Waals surface area contributed by atoms with Crippen LogP contribution in [0, 0.1) is 10.1 Å². The highest BCUT2D eigenvalue weighted by molar-refractivity contribution is 7.92. The third-order valence-corrected chi connectivity index (χ3v) is 3.84. The first kappa shape index (κ1) is 13.3. The van der Waals surface area contributed by atoms with Crippen molar-refractivity contribution in [2.45, 2.75) is 4.90 Å². The molecule has 1 aromatic heterocycles. The van der Waals surface area contributed by atoms with Gasteiger partial charge in [0.15, 0.2) is 0 Å². The molecule has 10 heteroatoms. The molecule has 0 unspecified atom stereocenters. The van der Waals surface area contributed by atoms with Crippen LogP contribution in [0.3, 0.4) is 0 Å². The third-order valence-electron chi connectivity index (χ3n) is 2.19. The van der Waals surface area contributed by atoms with Crippen LogP contribution >= 0.6 is 11.6 Å². The van der Waals surface area contributed by atoms with Crippen molar-refractivity contribution in [1.82, 2.24) is 10.2 Å². The minimum atomic E-state index is -3.82. The van der Waals surface area contributed by atoms with Gasteiger partial charge in [-0.25, -0.2) is 8.42 Å². The summed E-state index contributed by atoms with van der Waals surface area (Å²) in [6.07, 6.45) is 2.32. The Kier molecular flexibility index (Phi) is 3.40. The van der Waals surface area contributed by atoms with E-state index in [1.807, 2.05) is 0 Å². The van der Waals surface area contributed by atoms with E-state index < -0.39 is 14.9 Å². The summed E-state index contributed by atoms with van der Waals surface area (Å²) in [5.74, 6) is 0. The maximum absolute atomic E-state index is 11.9. The summed E-state index contributed by atoms with van der Waals surface area (Å²) in [6.45, 7) is 0. The van der Waals surface area contributed by atoms with Crippen molar-refractivity contribution in [2.75, 3.05) is 4.72 Å². The topological polar surface area (TPSA) is 118 Å². The summed E-state index contributed by atoms with van der Waals surface area (Å²) in [5.41, 5.74) is -0.176. The average molecular weight is 303 g/mol. The van der Waals surface area contributed by atoms with Crippen LogP contribution in [0.2, 0.25) is 5.02 Å². The number of aromatic nitrogens is 2. The Balaban J connectivity index is 2.32. The van der Waals surface area contributed by atoms with Crippen LogP contribution in [0.25, 0.3) is 0 Å². The Morgan fingerprint density at radius 1 is 1.42 bits per heavy atom. The number of sulfonamides is 1. The van der Waals surface area contributed by atoms with Crippen molar-refractivity contribution < 1.29 is 13.3 Å². The molecule has 0 radical (unpaired) electrons. The first-order valence-electron chi connectivity index (χ1n) is 4.86. The van der Waals surface area contributed by atoms with Gasteiger partial charge in [-0.05, 0) is 6.07 Å². The lowest BCUT2D eigenvalue weighted by Crippen LogP contribution is -2.12. The molecule has 100 valence electrons. The van der Waals surface area contributed by atoms with Gasteiger partial charge in [0, 0.05) is 18.3 Å². The van der Waals surface area contributed by atoms with E-state index in [0.29, 0.717) is 0 Å². The highest BCUT2D eigenvalue weighted by Crippen LogP contribution is 2.28. The Morgan fingerprint density at radius 2 is 2.16 bits per heavy atom. The molecule has 0 aliphatic carbocycles. The molecule has 0 atom stereocenters. The summed E-state index contributed by atoms with van der Waals surface area (Å²) < 4.78 is 26.0. The number of halogens is 1. The highest BCUT2D eigenvalue weighted by atomic mass is 35.5. The molecule has 0 saturated heterocycles. The van der Waals surface area contributed by atoms with Crippen LogP contribution in [0.15, 0.2) is 35.5 Å². The zero-order valence-electron chi connectivity index (χ0n) is 9.20. The molecule has 19 heavy (non-hydrogen) atoms. The maximum atomic E-state index is 11.9. The molecule has 8 nitrogen and oxygen atoms in total. The number of H-pyrrole nitrogens is 1. The largest absolute Gasteiger partial charge is 0.284 e. The normalized spacial score (nSPS) is 11.2. The van der Waals surface area contributed by atoms with Crippen molar-refractivity contribution >= 4 is 33.0 Å². The van der Waals surface area contributed by atoms with E-state index in [0.717, 1.165) is 18.3 Å². The van der Waals surface area contributed by atoms with Gasteiger partial charge in [0.05, 0.1) is 21.8 Å². The number of anilines is 1. The van der Waals surface area contributed by atoms with Gasteiger partial charge >= 0.3 is 0 Å². The second kappa shape index (κ2) is 4.86. The minimum Gasteiger partial charge on any atom is -0.284 e. The molecule has 2 rings (SSSR count). The summed E-state index contributed by atoms with van der Waals surface area (Å²) in [7, 11) is -3.82. The van der Waals surface area contributed by atoms with Crippen molar-refractivity contribution in [2.24, 2.45) is 0 Å². The number of nitro groups is 1. The van der Waals surface area contributed by atoms with E-state index in [1.54, 1.807) is 0 Å². The molecular formula is C9H7ClN4O4S. The molecule has 0 aliphatic rings. The fraction of sp³-hybridized carbons (Fsp3) is 0. The third kappa shape index (κ3) is 2.83. The standard InChI is InChI=1S/C9H7ClN4O4S/c10-8-3-6(14(15)16)1-2-9(8)13-19(17,18)7-4-11-12-5-7/h1-5,13H,(H,11,12). The summed E-state index contributed by atoms with van der Waals surface area (Å²) in [6, 6.07) is 3.44. The predicted molar refractivity (Wildman–Crippen MR) is 67.5 cm³/mol. The molecule has 0 saturated carbocycles. The van der Waals surface area contributed by atoms with Crippen molar-refractivity contribution in [3.05, 3.63) is 45.7 Å². The number of hydrogen-bond donors (Lipinski definition) is 2. The van der Waals surface area contributed by atoms with Gasteiger partial charge in [-0.2, -0.15) is 5.10 Å². The molecule has 0 amide bonds. The van der Waals surface area contributed by atoms with Gasteiger partial charge < -0.3 is 0 Å². The molecule has 0 fully saturated rings. The second-order valence-corrected chi connectivity index (χ2v) is 5.55. The van der Waals surface area contributed by atoms with Crippen LogP contribution in [-0.2, 0) is 10.0 Å². The number of nitrogens with one attached hydrogen (secondary N) is 2. The quantitative estimate of drug-likeness (QED) is 0.659. The van der Waals surface area contributed by atoms with E-state index in [9.17, 15) is 18.5 Å². The highest BCUT2D eigenvalue weighted by Gasteiger charge is 2.18. The van der Waals surface area contributed by atoms with Gasteiger partial charge in [0.2, 0.25) is 0 Å². The first-order chi connectivity index (χ1) is 8.90. The van der Waals surface area contributed by atoms with Crippen molar-refractivity contribution in [1.29, 1.82) is 0 Å². The Labute approximate surface area is 112 Å². The number of aromatic amines is 1. The Bertz CT molecular complexity index is 714. The number of nitro benzene ring substituents is 1. The van der Waals surface area contributed by atoms with E-state index in [-0.39, 0.29) is 21.3 Å². The number of nitrogens with zero attached hydrogens (tertiary/aromatic N) is 2. The molecule has 2 aromatic rings. The Morgan fingerprint density at radius 3 is 2.68 bits per heavy atom. The van der Waals surface area contributed by atoms with E-state index in [2.05, 4.69) is 14.9 Å². The lowest BCUT2D eigenvalue weighted by molar-refractivity contribution is -0.384. The molecule has 0 aliphatic heterocycles. The van der Waals surface area contributed by atoms with Gasteiger partial charge in [-0.3, -0.25) is 19.9 Å². The lowest BCUT2D eigenvalue weighted by atomic mass is 10.3. The maximum Gasteiger partial charge on any atom is 0.271 e. The van der Waals surface area contributed by atoms with Crippen molar-refractivity contribution in [3.63, 3.8) is 0 Å². The van der Waals surface area contributed by atoms with Crippen LogP contribution in [0.5, 0.6) is 0 Å². The fourth-order valence-electron chi connectivity index (χ4n) is 1.29. The fourth-order valence-corrected chi connectivity index (χ4v) is 2.55. The van der Waals surface area contributed by atoms with Gasteiger partial charge in [0.25, 0.3) is 15.7 Å². The minimum absolute atomic E-state index is 0.0495. The molecule has 0 spiro atoms. The lowest BCUT2D eigenvalue weighted by Gasteiger charge is -2.07. The number of rotatable bonds is 4. The van der Waals surface area contributed by atoms with E-state index in [1.165, 1.54) is 12.3 Å². The Hall–Kier alpha value is -2.13. The second-order valence-electron chi connectivity index (χ2n) is 3.46. The summed E-state index contributed by atoms with van der Waals surface area (Å²) in [4.78, 5) is 9.84. The zero-order chi connectivity index (χ0) is 14.0. The van der Waals surface area contributed by atoms with Gasteiger partial charge in [-0.15, -0.1) is 0 Å². The molecule has 0 bridgehead atoms. The predicted octanol–water partition coefficient (Wildman–Crippen LogP) is 1.77. The molecule has 1 heterocycles. The van der Waals surface area contributed by atoms with Crippen LogP contribution < -0.4 is 4.72 Å². The summed E-state index contributed by atoms with van der Waals surface area (Å²) in [5, 5.41) is 16.4. The molecule has 1 aromatic carbocycles. The van der Waals surface area contributed by atoms with Gasteiger partial charge in [0.1, 0.15) is 4.90 Å². The van der Waals surface area contributed by atoms with Crippen LogP contribution in [-0.4, -0.2) is 23.5 Å². The van der Waals surface area contributed by atoms with Crippen LogP contribution in [0.4, 0.5) is 11.4 Å². The van der Waals surface area contributed by atoms with E-state index >= 15 is 0 Å². The smallest absolute Gasteiger partial charge is 0.271 e. The van der Waals surface area contributed by atoms with Crippen LogP contribution in [0.1, 0.15) is 0 Å². The zero-order valence-corrected chi connectivity index (χ0v) is 10.8. The van der Waals surface area contributed by atoms with E-state index in [4.69, 9.17) is 11.6 Å². The molecular weight excluding hydrogens is 296 g/mol. The monoisotopic (exact) mass is 302 g/mol. The van der Waals surface area contributed by atoms with Crippen molar-refractivity contribution in [3.8, 4) is 0 Å². The summed E-state index contributed by atoms with van der Waals surface area (Å²) >= 11 is 5.79. The average Bonchev–Trinajstić information content (AvgIpc) is 2.85. The number of non-ortho nitro benzene ring substituents is 1. The number of benzene rings is 1. The van der Waals surface area contributed by atoms with Gasteiger partial charge in [-0.1, -0.05) is 11.6 Å². The SMILES string of the molecule is O=[N+]([O-])c1ccc(NS(=O)(=O)c2cn[nH]c2)c(Cl)c1. The first-order valence-corrected chi connectivity index (χ1v) is 6.72. The number of hydrogen-bond acceptors (Lipinski definition) is 5.